The molecule has 0 bridgehead atoms. The molecule has 0 heterocycles. The lowest BCUT2D eigenvalue weighted by atomic mass is 10.3. The van der Waals surface area contributed by atoms with Crippen LogP contribution in [0.1, 0.15) is 6.92 Å². The van der Waals surface area contributed by atoms with Gasteiger partial charge in [-0.3, -0.25) is 24.4 Å². The van der Waals surface area contributed by atoms with Gasteiger partial charge in [-0.05, 0) is 6.92 Å². The van der Waals surface area contributed by atoms with Gasteiger partial charge in [-0.25, -0.2) is 4.79 Å². The molecular weight excluding hydrogens is 312 g/mol. The molecule has 0 aliphatic rings. The first-order valence-electron chi connectivity index (χ1n) is 5.15. The van der Waals surface area contributed by atoms with Crippen LogP contribution in [-0.2, 0) is 19.1 Å². The zero-order valence-electron chi connectivity index (χ0n) is 10.3. The predicted octanol–water partition coefficient (Wildman–Crippen LogP) is 0.681. The van der Waals surface area contributed by atoms with Crippen molar-refractivity contribution in [1.29, 1.82) is 0 Å². The van der Waals surface area contributed by atoms with Gasteiger partial charge in [0.1, 0.15) is 0 Å². The number of carboxylic acid groups (broad SMARTS) is 1. The molecule has 1 aromatic rings. The summed E-state index contributed by atoms with van der Waals surface area (Å²) < 4.78 is 27.9. The Kier molecular flexibility index (Phi) is 4.55. The molecular formula is C9H8N2O9S. The Morgan fingerprint density at radius 3 is 2.29 bits per heavy atom. The monoisotopic (exact) mass is 320 g/mol. The standard InChI is InChI=1S/C9H8N2O9S/c1-5(9(12)13)20-21(18,19)8-4-6(10(14)15)2-3-7(8)11(16)17/h2-5H,1H3,(H,12,13)/t5-/m0/s1. The van der Waals surface area contributed by atoms with E-state index in [2.05, 4.69) is 4.18 Å². The largest absolute Gasteiger partial charge is 0.479 e. The second kappa shape index (κ2) is 5.80. The molecule has 11 nitrogen and oxygen atoms in total. The van der Waals surface area contributed by atoms with E-state index in [1.807, 2.05) is 0 Å². The van der Waals surface area contributed by atoms with Crippen LogP contribution >= 0.6 is 0 Å². The number of carboxylic acids is 1. The van der Waals surface area contributed by atoms with Crippen molar-refractivity contribution in [1.82, 2.24) is 0 Å². The minimum atomic E-state index is -4.86. The van der Waals surface area contributed by atoms with Gasteiger partial charge in [0.2, 0.25) is 0 Å². The van der Waals surface area contributed by atoms with Crippen LogP contribution in [0.5, 0.6) is 0 Å². The van der Waals surface area contributed by atoms with E-state index in [0.29, 0.717) is 12.1 Å². The van der Waals surface area contributed by atoms with E-state index in [-0.39, 0.29) is 0 Å². The van der Waals surface area contributed by atoms with E-state index in [0.717, 1.165) is 13.0 Å². The van der Waals surface area contributed by atoms with Crippen LogP contribution in [0.3, 0.4) is 0 Å². The van der Waals surface area contributed by atoms with Crippen molar-refractivity contribution in [2.75, 3.05) is 0 Å². The van der Waals surface area contributed by atoms with E-state index < -0.39 is 48.3 Å². The van der Waals surface area contributed by atoms with Gasteiger partial charge in [-0.1, -0.05) is 0 Å². The minimum Gasteiger partial charge on any atom is -0.479 e. The Balaban J connectivity index is 3.44. The van der Waals surface area contributed by atoms with Crippen LogP contribution in [0.2, 0.25) is 0 Å². The number of nitrogens with zero attached hydrogens (tertiary/aromatic N) is 2. The summed E-state index contributed by atoms with van der Waals surface area (Å²) in [6.07, 6.45) is -1.81. The lowest BCUT2D eigenvalue weighted by Crippen LogP contribution is -2.24. The second-order valence-electron chi connectivity index (χ2n) is 3.70. The summed E-state index contributed by atoms with van der Waals surface area (Å²) in [5, 5.41) is 29.9. The van der Waals surface area contributed by atoms with Crippen molar-refractivity contribution < 1.29 is 32.3 Å². The molecule has 0 radical (unpaired) electrons. The molecule has 1 N–H and O–H groups in total. The van der Waals surface area contributed by atoms with Crippen molar-refractivity contribution >= 4 is 27.5 Å². The average molecular weight is 320 g/mol. The predicted molar refractivity (Wildman–Crippen MR) is 65.1 cm³/mol. The number of hydrogen-bond acceptors (Lipinski definition) is 8. The van der Waals surface area contributed by atoms with Crippen LogP contribution in [0, 0.1) is 20.2 Å². The SMILES string of the molecule is C[C@H](OS(=O)(=O)c1cc([N+](=O)[O-])ccc1[N+](=O)[O-])C(=O)O. The van der Waals surface area contributed by atoms with Crippen molar-refractivity contribution in [3.63, 3.8) is 0 Å². The molecule has 0 amide bonds. The fourth-order valence-electron chi connectivity index (χ4n) is 1.25. The third-order valence-corrected chi connectivity index (χ3v) is 3.65. The van der Waals surface area contributed by atoms with Crippen LogP contribution in [0.15, 0.2) is 23.1 Å². The fraction of sp³-hybridized carbons (Fsp3) is 0.222. The summed E-state index contributed by atoms with van der Waals surface area (Å²) in [7, 11) is -4.86. The van der Waals surface area contributed by atoms with Gasteiger partial charge < -0.3 is 5.11 Å². The van der Waals surface area contributed by atoms with Gasteiger partial charge in [-0.2, -0.15) is 8.42 Å². The number of non-ortho nitro benzene ring substituents is 1. The maximum atomic E-state index is 11.8. The first-order valence-corrected chi connectivity index (χ1v) is 6.56. The lowest BCUT2D eigenvalue weighted by Gasteiger charge is -2.09. The van der Waals surface area contributed by atoms with Crippen molar-refractivity contribution in [2.45, 2.75) is 17.9 Å². The Morgan fingerprint density at radius 2 is 1.86 bits per heavy atom. The Hall–Kier alpha value is -2.60. The van der Waals surface area contributed by atoms with E-state index in [4.69, 9.17) is 5.11 Å². The van der Waals surface area contributed by atoms with Crippen LogP contribution < -0.4 is 0 Å². The van der Waals surface area contributed by atoms with E-state index in [9.17, 15) is 33.4 Å². The summed E-state index contributed by atoms with van der Waals surface area (Å²) in [6, 6.07) is 1.81. The summed E-state index contributed by atoms with van der Waals surface area (Å²) in [6.45, 7) is 0.892. The van der Waals surface area contributed by atoms with Crippen LogP contribution in [0.4, 0.5) is 11.4 Å². The van der Waals surface area contributed by atoms with Gasteiger partial charge >= 0.3 is 16.1 Å². The van der Waals surface area contributed by atoms with Gasteiger partial charge in [0.15, 0.2) is 11.0 Å². The first-order chi connectivity index (χ1) is 9.56. The third kappa shape index (κ3) is 3.70. The van der Waals surface area contributed by atoms with Crippen molar-refractivity contribution in [2.24, 2.45) is 0 Å². The van der Waals surface area contributed by atoms with Crippen LogP contribution in [0.25, 0.3) is 0 Å². The Morgan fingerprint density at radius 1 is 1.29 bits per heavy atom. The average Bonchev–Trinajstić information content (AvgIpc) is 2.37. The second-order valence-corrected chi connectivity index (χ2v) is 5.24. The summed E-state index contributed by atoms with van der Waals surface area (Å²) in [5.41, 5.74) is -1.68. The first kappa shape index (κ1) is 16.5. The van der Waals surface area contributed by atoms with Gasteiger partial charge in [0, 0.05) is 18.2 Å². The molecule has 0 aliphatic carbocycles. The summed E-state index contributed by atoms with van der Waals surface area (Å²) in [4.78, 5) is 28.8. The molecule has 0 aliphatic heterocycles. The lowest BCUT2D eigenvalue weighted by molar-refractivity contribution is -0.391. The van der Waals surface area contributed by atoms with E-state index in [1.165, 1.54) is 0 Å². The number of nitro groups is 2. The zero-order valence-corrected chi connectivity index (χ0v) is 11.1. The number of nitro benzene ring substituents is 2. The molecule has 0 unspecified atom stereocenters. The Bertz CT molecular complexity index is 712. The normalized spacial score (nSPS) is 12.6. The Labute approximate surface area is 117 Å². The number of rotatable bonds is 6. The number of hydrogen-bond donors (Lipinski definition) is 1. The molecule has 0 saturated carbocycles. The van der Waals surface area contributed by atoms with Crippen molar-refractivity contribution in [3.05, 3.63) is 38.4 Å². The molecule has 0 fully saturated rings. The highest BCUT2D eigenvalue weighted by Crippen LogP contribution is 2.29. The molecule has 0 spiro atoms. The molecule has 0 aromatic heterocycles. The minimum absolute atomic E-state index is 0.433. The molecule has 21 heavy (non-hydrogen) atoms. The molecule has 12 heteroatoms. The number of benzene rings is 1. The molecule has 0 saturated heterocycles. The summed E-state index contributed by atoms with van der Waals surface area (Å²) >= 11 is 0. The maximum absolute atomic E-state index is 11.8. The van der Waals surface area contributed by atoms with E-state index >= 15 is 0 Å². The number of aliphatic carboxylic acids is 1. The van der Waals surface area contributed by atoms with Crippen LogP contribution in [-0.4, -0.2) is 35.4 Å². The molecule has 114 valence electrons. The highest BCUT2D eigenvalue weighted by atomic mass is 32.2. The highest BCUT2D eigenvalue weighted by Gasteiger charge is 2.32. The molecule has 1 rings (SSSR count). The summed E-state index contributed by atoms with van der Waals surface area (Å²) in [5.74, 6) is -1.62. The smallest absolute Gasteiger partial charge is 0.334 e. The van der Waals surface area contributed by atoms with E-state index in [1.54, 1.807) is 0 Å². The number of carbonyl (C=O) groups is 1. The fourth-order valence-corrected chi connectivity index (χ4v) is 2.48. The zero-order chi connectivity index (χ0) is 16.4. The van der Waals surface area contributed by atoms with Gasteiger partial charge in [0.05, 0.1) is 9.85 Å². The van der Waals surface area contributed by atoms with Gasteiger partial charge in [0.25, 0.3) is 11.4 Å². The molecule has 1 aromatic carbocycles. The quantitative estimate of drug-likeness (QED) is 0.450. The van der Waals surface area contributed by atoms with Crippen molar-refractivity contribution in [3.8, 4) is 0 Å². The highest BCUT2D eigenvalue weighted by molar-refractivity contribution is 7.87. The third-order valence-electron chi connectivity index (χ3n) is 2.24. The maximum Gasteiger partial charge on any atom is 0.334 e. The molecule has 1 atom stereocenters. The van der Waals surface area contributed by atoms with Gasteiger partial charge in [-0.15, -0.1) is 0 Å². The topological polar surface area (TPSA) is 167 Å².